The van der Waals surface area contributed by atoms with E-state index in [2.05, 4.69) is 38.0 Å². The Morgan fingerprint density at radius 3 is 2.55 bits per heavy atom. The van der Waals surface area contributed by atoms with Crippen molar-refractivity contribution in [1.82, 2.24) is 0 Å². The van der Waals surface area contributed by atoms with Crippen molar-refractivity contribution in [3.05, 3.63) is 45.1 Å². The monoisotopic (exact) mass is 350 g/mol. The quantitative estimate of drug-likeness (QED) is 0.834. The van der Waals surface area contributed by atoms with Gasteiger partial charge in [-0.1, -0.05) is 0 Å². The molecular weight excluding hydrogens is 336 g/mol. The van der Waals surface area contributed by atoms with Crippen LogP contribution in [0.5, 0.6) is 0 Å². The van der Waals surface area contributed by atoms with Gasteiger partial charge in [0, 0.05) is 38.6 Å². The van der Waals surface area contributed by atoms with Crippen LogP contribution in [0, 0.1) is 5.92 Å². The van der Waals surface area contributed by atoms with Crippen LogP contribution >= 0.6 is 27.3 Å². The molecule has 20 heavy (non-hydrogen) atoms. The minimum Gasteiger partial charge on any atom is -0.380 e. The summed E-state index contributed by atoms with van der Waals surface area (Å²) in [5.74, 6) is 0.388. The number of rotatable bonds is 5. The topological polar surface area (TPSA) is 41.1 Å². The van der Waals surface area contributed by atoms with E-state index in [1.165, 1.54) is 4.88 Å². The molecule has 1 aromatic heterocycles. The van der Waals surface area contributed by atoms with Crippen molar-refractivity contribution in [2.75, 3.05) is 10.6 Å². The van der Waals surface area contributed by atoms with Crippen molar-refractivity contribution in [2.45, 2.75) is 19.4 Å². The van der Waals surface area contributed by atoms with Crippen LogP contribution in [-0.2, 0) is 11.3 Å². The average Bonchev–Trinajstić information content (AvgIpc) is 3.22. The fourth-order valence-electron chi connectivity index (χ4n) is 1.90. The van der Waals surface area contributed by atoms with Gasteiger partial charge >= 0.3 is 0 Å². The van der Waals surface area contributed by atoms with E-state index in [0.717, 1.165) is 35.2 Å². The van der Waals surface area contributed by atoms with Crippen LogP contribution < -0.4 is 10.6 Å². The molecule has 1 saturated carbocycles. The van der Waals surface area contributed by atoms with Gasteiger partial charge in [0.25, 0.3) is 0 Å². The van der Waals surface area contributed by atoms with Gasteiger partial charge in [0.2, 0.25) is 5.91 Å². The molecule has 2 aromatic rings. The molecule has 0 bridgehead atoms. The first-order valence-electron chi connectivity index (χ1n) is 6.58. The van der Waals surface area contributed by atoms with E-state index in [9.17, 15) is 4.79 Å². The van der Waals surface area contributed by atoms with Gasteiger partial charge in [0.05, 0.1) is 0 Å². The maximum Gasteiger partial charge on any atom is 0.227 e. The molecule has 1 heterocycles. The fraction of sp³-hybridized carbons (Fsp3) is 0.267. The van der Waals surface area contributed by atoms with Crippen molar-refractivity contribution in [3.63, 3.8) is 0 Å². The Labute approximate surface area is 130 Å². The number of hydrogen-bond acceptors (Lipinski definition) is 3. The second-order valence-electron chi connectivity index (χ2n) is 4.93. The minimum absolute atomic E-state index is 0.147. The molecule has 0 saturated heterocycles. The molecule has 1 amide bonds. The van der Waals surface area contributed by atoms with Gasteiger partial charge in [-0.05, 0) is 59.1 Å². The highest BCUT2D eigenvalue weighted by Crippen LogP contribution is 2.30. The second-order valence-corrected chi connectivity index (χ2v) is 6.84. The Morgan fingerprint density at radius 2 is 1.95 bits per heavy atom. The zero-order chi connectivity index (χ0) is 13.9. The number of benzene rings is 1. The first kappa shape index (κ1) is 13.6. The van der Waals surface area contributed by atoms with Crippen molar-refractivity contribution in [2.24, 2.45) is 5.92 Å². The van der Waals surface area contributed by atoms with Crippen LogP contribution in [0.4, 0.5) is 11.4 Å². The van der Waals surface area contributed by atoms with Crippen molar-refractivity contribution < 1.29 is 4.79 Å². The Hall–Kier alpha value is -1.33. The number of hydrogen-bond donors (Lipinski definition) is 2. The van der Waals surface area contributed by atoms with E-state index < -0.39 is 0 Å². The molecule has 1 aliphatic carbocycles. The normalized spacial score (nSPS) is 14.1. The molecule has 0 spiro atoms. The van der Waals surface area contributed by atoms with Crippen molar-refractivity contribution in [1.29, 1.82) is 0 Å². The van der Waals surface area contributed by atoms with Crippen molar-refractivity contribution in [3.8, 4) is 0 Å². The SMILES string of the molecule is O=C(Nc1ccc(NCc2cc(Br)cs2)cc1)C1CC1. The average molecular weight is 351 g/mol. The lowest BCUT2D eigenvalue weighted by Gasteiger charge is -2.07. The van der Waals surface area contributed by atoms with Crippen LogP contribution in [0.15, 0.2) is 40.2 Å². The summed E-state index contributed by atoms with van der Waals surface area (Å²) in [7, 11) is 0. The number of thiophene rings is 1. The lowest BCUT2D eigenvalue weighted by Crippen LogP contribution is -2.13. The third kappa shape index (κ3) is 3.61. The van der Waals surface area contributed by atoms with Crippen LogP contribution in [0.3, 0.4) is 0 Å². The smallest absolute Gasteiger partial charge is 0.227 e. The molecule has 0 atom stereocenters. The summed E-state index contributed by atoms with van der Waals surface area (Å²) < 4.78 is 1.12. The number of anilines is 2. The van der Waals surface area contributed by atoms with E-state index in [1.807, 2.05) is 24.3 Å². The highest BCUT2D eigenvalue weighted by atomic mass is 79.9. The van der Waals surface area contributed by atoms with Crippen LogP contribution in [0.25, 0.3) is 0 Å². The number of nitrogens with one attached hydrogen (secondary N) is 2. The molecular formula is C15H15BrN2OS. The molecule has 0 aliphatic heterocycles. The van der Waals surface area contributed by atoms with E-state index >= 15 is 0 Å². The van der Waals surface area contributed by atoms with Gasteiger partial charge in [0.1, 0.15) is 0 Å². The largest absolute Gasteiger partial charge is 0.380 e. The first-order chi connectivity index (χ1) is 9.70. The highest BCUT2D eigenvalue weighted by Gasteiger charge is 2.29. The van der Waals surface area contributed by atoms with Crippen molar-refractivity contribution >= 4 is 44.5 Å². The second kappa shape index (κ2) is 5.97. The molecule has 3 nitrogen and oxygen atoms in total. The van der Waals surface area contributed by atoms with E-state index in [0.29, 0.717) is 0 Å². The standard InChI is InChI=1S/C15H15BrN2OS/c16-11-7-14(20-9-11)8-17-12-3-5-13(6-4-12)18-15(19)10-1-2-10/h3-7,9-10,17H,1-2,8H2,(H,18,19). The Bertz CT molecular complexity index is 605. The number of carbonyl (C=O) groups excluding carboxylic acids is 1. The molecule has 1 aliphatic rings. The van der Waals surface area contributed by atoms with Gasteiger partial charge in [-0.25, -0.2) is 0 Å². The molecule has 1 fully saturated rings. The first-order valence-corrected chi connectivity index (χ1v) is 8.26. The summed E-state index contributed by atoms with van der Waals surface area (Å²) in [6.45, 7) is 0.810. The molecule has 1 aromatic carbocycles. The molecule has 5 heteroatoms. The summed E-state index contributed by atoms with van der Waals surface area (Å²) in [5, 5.41) is 8.38. The summed E-state index contributed by atoms with van der Waals surface area (Å²) in [6.07, 6.45) is 2.06. The molecule has 3 rings (SSSR count). The highest BCUT2D eigenvalue weighted by molar-refractivity contribution is 9.10. The van der Waals surface area contributed by atoms with Gasteiger partial charge in [-0.2, -0.15) is 0 Å². The number of carbonyl (C=O) groups is 1. The number of halogens is 1. The molecule has 2 N–H and O–H groups in total. The predicted octanol–water partition coefficient (Wildman–Crippen LogP) is 4.47. The maximum atomic E-state index is 11.6. The van der Waals surface area contributed by atoms with Gasteiger partial charge < -0.3 is 10.6 Å². The maximum absolute atomic E-state index is 11.6. The molecule has 0 unspecified atom stereocenters. The van der Waals surface area contributed by atoms with Crippen LogP contribution in [-0.4, -0.2) is 5.91 Å². The van der Waals surface area contributed by atoms with E-state index in [1.54, 1.807) is 11.3 Å². The van der Waals surface area contributed by atoms with Gasteiger partial charge in [0.15, 0.2) is 0 Å². The number of amides is 1. The van der Waals surface area contributed by atoms with Crippen LogP contribution in [0.2, 0.25) is 0 Å². The predicted molar refractivity (Wildman–Crippen MR) is 87.1 cm³/mol. The Balaban J connectivity index is 1.54. The summed E-state index contributed by atoms with van der Waals surface area (Å²) in [5.41, 5.74) is 1.92. The molecule has 104 valence electrons. The third-order valence-electron chi connectivity index (χ3n) is 3.19. The van der Waals surface area contributed by atoms with E-state index in [-0.39, 0.29) is 11.8 Å². The Morgan fingerprint density at radius 1 is 1.25 bits per heavy atom. The molecule has 0 radical (unpaired) electrons. The zero-order valence-electron chi connectivity index (χ0n) is 10.9. The summed E-state index contributed by atoms with van der Waals surface area (Å²) in [6, 6.07) is 9.97. The summed E-state index contributed by atoms with van der Waals surface area (Å²) in [4.78, 5) is 12.9. The van der Waals surface area contributed by atoms with Crippen LogP contribution in [0.1, 0.15) is 17.7 Å². The van der Waals surface area contributed by atoms with E-state index in [4.69, 9.17) is 0 Å². The minimum atomic E-state index is 0.147. The fourth-order valence-corrected chi connectivity index (χ4v) is 3.29. The lowest BCUT2D eigenvalue weighted by molar-refractivity contribution is -0.117. The van der Waals surface area contributed by atoms with Gasteiger partial charge in [-0.3, -0.25) is 4.79 Å². The summed E-state index contributed by atoms with van der Waals surface area (Å²) >= 11 is 5.17. The zero-order valence-corrected chi connectivity index (χ0v) is 13.3. The Kier molecular flexibility index (Phi) is 4.08. The van der Waals surface area contributed by atoms with Gasteiger partial charge in [-0.15, -0.1) is 11.3 Å². The third-order valence-corrected chi connectivity index (χ3v) is 4.89. The lowest BCUT2D eigenvalue weighted by atomic mass is 10.2.